The van der Waals surface area contributed by atoms with E-state index in [2.05, 4.69) is 4.90 Å². The lowest BCUT2D eigenvalue weighted by molar-refractivity contribution is -0.181. The van der Waals surface area contributed by atoms with Gasteiger partial charge in [0.15, 0.2) is 0 Å². The predicted octanol–water partition coefficient (Wildman–Crippen LogP) is 1.25. The van der Waals surface area contributed by atoms with E-state index >= 15 is 0 Å². The number of carbonyl (C=O) groups is 2. The Bertz CT molecular complexity index is 989. The fourth-order valence-electron chi connectivity index (χ4n) is 5.24. The highest BCUT2D eigenvalue weighted by molar-refractivity contribution is 6.06. The number of aliphatic hydroxyl groups excluding tert-OH is 1. The summed E-state index contributed by atoms with van der Waals surface area (Å²) in [6, 6.07) is 17.1. The molecule has 162 valence electrons. The number of imide groups is 1. The van der Waals surface area contributed by atoms with E-state index in [0.29, 0.717) is 32.6 Å². The molecule has 2 atom stereocenters. The maximum Gasteiger partial charge on any atom is 0.252 e. The van der Waals surface area contributed by atoms with Gasteiger partial charge < -0.3 is 9.84 Å². The first-order valence-electron chi connectivity index (χ1n) is 10.7. The van der Waals surface area contributed by atoms with Gasteiger partial charge in [-0.15, -0.1) is 0 Å². The number of likely N-dealkylation sites (tertiary alicyclic amines) is 1. The van der Waals surface area contributed by atoms with Crippen molar-refractivity contribution in [3.8, 4) is 5.75 Å². The summed E-state index contributed by atoms with van der Waals surface area (Å²) < 4.78 is 5.31. The Balaban J connectivity index is 1.38. The zero-order chi connectivity index (χ0) is 21.6. The third-order valence-electron chi connectivity index (χ3n) is 6.72. The van der Waals surface area contributed by atoms with Crippen LogP contribution in [-0.4, -0.2) is 76.0 Å². The average molecular weight is 421 g/mol. The van der Waals surface area contributed by atoms with E-state index in [0.717, 1.165) is 16.9 Å². The highest BCUT2D eigenvalue weighted by Crippen LogP contribution is 2.41. The fraction of sp³-hybridized carbons (Fsp3) is 0.417. The Hall–Kier alpha value is -2.74. The SMILES string of the molecule is COc1cccc(CN2CC3(C2)C(=O)N(Cc2ccccc2)C(=O)C2CC(O)CN23)c1. The first-order chi connectivity index (χ1) is 15.0. The number of piperazine rings is 1. The Morgan fingerprint density at radius 1 is 1.03 bits per heavy atom. The molecule has 5 rings (SSSR count). The van der Waals surface area contributed by atoms with Crippen LogP contribution in [0, 0.1) is 0 Å². The van der Waals surface area contributed by atoms with Crippen LogP contribution in [0.5, 0.6) is 5.75 Å². The van der Waals surface area contributed by atoms with Crippen LogP contribution < -0.4 is 4.74 Å². The second-order valence-corrected chi connectivity index (χ2v) is 8.80. The van der Waals surface area contributed by atoms with Gasteiger partial charge in [0, 0.05) is 26.2 Å². The molecule has 1 N–H and O–H groups in total. The monoisotopic (exact) mass is 421 g/mol. The molecule has 0 aliphatic carbocycles. The van der Waals surface area contributed by atoms with E-state index in [4.69, 9.17) is 4.74 Å². The van der Waals surface area contributed by atoms with Crippen molar-refractivity contribution in [3.05, 3.63) is 65.7 Å². The first kappa shape index (κ1) is 20.2. The quantitative estimate of drug-likeness (QED) is 0.733. The van der Waals surface area contributed by atoms with Gasteiger partial charge in [-0.05, 0) is 29.7 Å². The highest BCUT2D eigenvalue weighted by Gasteiger charge is 2.64. The van der Waals surface area contributed by atoms with Crippen molar-refractivity contribution in [2.75, 3.05) is 26.7 Å². The number of ether oxygens (including phenoxy) is 1. The van der Waals surface area contributed by atoms with Gasteiger partial charge in [0.2, 0.25) is 5.91 Å². The molecule has 2 unspecified atom stereocenters. The van der Waals surface area contributed by atoms with Gasteiger partial charge in [0.05, 0.1) is 25.8 Å². The molecular formula is C24H27N3O4. The van der Waals surface area contributed by atoms with E-state index in [-0.39, 0.29) is 18.4 Å². The third kappa shape index (κ3) is 3.43. The van der Waals surface area contributed by atoms with Gasteiger partial charge in [0.1, 0.15) is 11.3 Å². The summed E-state index contributed by atoms with van der Waals surface area (Å²) >= 11 is 0. The standard InChI is InChI=1S/C24H27N3O4/c1-31-20-9-5-8-18(10-20)12-25-15-24(16-25)23(30)26(13-17-6-3-2-4-7-17)22(29)21-11-19(28)14-27(21)24/h2-10,19,21,28H,11-16H2,1H3. The second-order valence-electron chi connectivity index (χ2n) is 8.80. The lowest BCUT2D eigenvalue weighted by Crippen LogP contribution is -2.81. The molecule has 2 aromatic rings. The molecule has 2 aromatic carbocycles. The molecule has 1 spiro atoms. The van der Waals surface area contributed by atoms with Gasteiger partial charge in [-0.1, -0.05) is 42.5 Å². The Morgan fingerprint density at radius 3 is 2.52 bits per heavy atom. The summed E-state index contributed by atoms with van der Waals surface area (Å²) in [5.41, 5.74) is 1.30. The number of β-amino-alcohol motifs (C(OH)–C–C–N with tert-alkyl or cyclic N) is 1. The largest absolute Gasteiger partial charge is 0.497 e. The Kier molecular flexibility index (Phi) is 5.04. The molecule has 2 amide bonds. The second kappa shape index (κ2) is 7.75. The molecule has 0 aromatic heterocycles. The summed E-state index contributed by atoms with van der Waals surface area (Å²) in [5.74, 6) is 0.472. The van der Waals surface area contributed by atoms with Gasteiger partial charge in [-0.25, -0.2) is 0 Å². The number of benzene rings is 2. The van der Waals surface area contributed by atoms with Crippen LogP contribution in [0.15, 0.2) is 54.6 Å². The van der Waals surface area contributed by atoms with Crippen molar-refractivity contribution in [2.24, 2.45) is 0 Å². The van der Waals surface area contributed by atoms with Crippen molar-refractivity contribution in [2.45, 2.75) is 37.2 Å². The van der Waals surface area contributed by atoms with Crippen LogP contribution in [0.4, 0.5) is 0 Å². The highest BCUT2D eigenvalue weighted by atomic mass is 16.5. The van der Waals surface area contributed by atoms with Gasteiger partial charge in [0.25, 0.3) is 5.91 Å². The molecule has 0 bridgehead atoms. The van der Waals surface area contributed by atoms with Crippen LogP contribution in [0.2, 0.25) is 0 Å². The van der Waals surface area contributed by atoms with Gasteiger partial charge in [-0.2, -0.15) is 0 Å². The maximum atomic E-state index is 13.6. The molecule has 0 radical (unpaired) electrons. The molecule has 3 aliphatic heterocycles. The number of methoxy groups -OCH3 is 1. The average Bonchev–Trinajstić information content (AvgIpc) is 3.15. The zero-order valence-electron chi connectivity index (χ0n) is 17.6. The predicted molar refractivity (Wildman–Crippen MR) is 114 cm³/mol. The van der Waals surface area contributed by atoms with E-state index in [9.17, 15) is 14.7 Å². The molecule has 7 nitrogen and oxygen atoms in total. The van der Waals surface area contributed by atoms with E-state index in [1.807, 2.05) is 59.5 Å². The minimum atomic E-state index is -0.746. The molecular weight excluding hydrogens is 394 g/mol. The third-order valence-corrected chi connectivity index (χ3v) is 6.72. The minimum Gasteiger partial charge on any atom is -0.497 e. The smallest absolute Gasteiger partial charge is 0.252 e. The van der Waals surface area contributed by atoms with E-state index < -0.39 is 17.7 Å². The maximum absolute atomic E-state index is 13.6. The summed E-state index contributed by atoms with van der Waals surface area (Å²) in [5, 5.41) is 10.3. The van der Waals surface area contributed by atoms with Crippen LogP contribution in [0.1, 0.15) is 17.5 Å². The van der Waals surface area contributed by atoms with Crippen molar-refractivity contribution < 1.29 is 19.4 Å². The van der Waals surface area contributed by atoms with Crippen LogP contribution in [0.25, 0.3) is 0 Å². The van der Waals surface area contributed by atoms with Crippen molar-refractivity contribution >= 4 is 11.8 Å². The van der Waals surface area contributed by atoms with Crippen molar-refractivity contribution in [1.82, 2.24) is 14.7 Å². The molecule has 31 heavy (non-hydrogen) atoms. The number of fused-ring (bicyclic) bond motifs is 2. The number of amides is 2. The molecule has 3 heterocycles. The Labute approximate surface area is 181 Å². The molecule has 3 saturated heterocycles. The van der Waals surface area contributed by atoms with E-state index in [1.165, 1.54) is 4.90 Å². The summed E-state index contributed by atoms with van der Waals surface area (Å²) in [4.78, 5) is 32.4. The fourth-order valence-corrected chi connectivity index (χ4v) is 5.24. The zero-order valence-corrected chi connectivity index (χ0v) is 17.6. The normalized spacial score (nSPS) is 25.5. The number of hydrogen-bond donors (Lipinski definition) is 1. The lowest BCUT2D eigenvalue weighted by atomic mass is 9.82. The van der Waals surface area contributed by atoms with Crippen molar-refractivity contribution in [1.29, 1.82) is 0 Å². The molecule has 3 aliphatic rings. The number of rotatable bonds is 5. The topological polar surface area (TPSA) is 73.3 Å². The van der Waals surface area contributed by atoms with Crippen LogP contribution in [-0.2, 0) is 22.7 Å². The van der Waals surface area contributed by atoms with Crippen LogP contribution in [0.3, 0.4) is 0 Å². The minimum absolute atomic E-state index is 0.145. The molecule has 3 fully saturated rings. The van der Waals surface area contributed by atoms with Gasteiger partial charge in [-0.3, -0.25) is 24.3 Å². The summed E-state index contributed by atoms with van der Waals surface area (Å²) in [6.45, 7) is 2.44. The number of carbonyl (C=O) groups excluding carboxylic acids is 2. The number of nitrogens with zero attached hydrogens (tertiary/aromatic N) is 3. The molecule has 7 heteroatoms. The Morgan fingerprint density at radius 2 is 1.77 bits per heavy atom. The van der Waals surface area contributed by atoms with E-state index in [1.54, 1.807) is 7.11 Å². The summed E-state index contributed by atoms with van der Waals surface area (Å²) in [7, 11) is 1.65. The lowest BCUT2D eigenvalue weighted by Gasteiger charge is -2.58. The van der Waals surface area contributed by atoms with Gasteiger partial charge >= 0.3 is 0 Å². The first-order valence-corrected chi connectivity index (χ1v) is 10.7. The summed E-state index contributed by atoms with van der Waals surface area (Å²) in [6.07, 6.45) is -0.197. The number of hydrogen-bond acceptors (Lipinski definition) is 6. The number of aliphatic hydroxyl groups is 1. The molecule has 0 saturated carbocycles. The van der Waals surface area contributed by atoms with Crippen LogP contribution >= 0.6 is 0 Å². The van der Waals surface area contributed by atoms with Crippen molar-refractivity contribution in [3.63, 3.8) is 0 Å².